The zero-order valence-electron chi connectivity index (χ0n) is 8.84. The van der Waals surface area contributed by atoms with Gasteiger partial charge in [0, 0.05) is 16.8 Å². The van der Waals surface area contributed by atoms with E-state index in [1.54, 1.807) is 0 Å². The SMILES string of the molecule is CCc1cc(N)c2cc(C)cc(Cl)c2n1. The Labute approximate surface area is 94.1 Å². The normalized spacial score (nSPS) is 10.9. The fraction of sp³-hybridized carbons (Fsp3) is 0.250. The smallest absolute Gasteiger partial charge is 0.0912 e. The lowest BCUT2D eigenvalue weighted by atomic mass is 10.1. The molecule has 1 aromatic carbocycles. The van der Waals surface area contributed by atoms with E-state index in [0.717, 1.165) is 34.3 Å². The number of anilines is 1. The van der Waals surface area contributed by atoms with Crippen molar-refractivity contribution in [1.82, 2.24) is 4.98 Å². The van der Waals surface area contributed by atoms with Crippen molar-refractivity contribution in [3.63, 3.8) is 0 Å². The summed E-state index contributed by atoms with van der Waals surface area (Å²) in [7, 11) is 0. The number of nitrogens with zero attached hydrogens (tertiary/aromatic N) is 1. The summed E-state index contributed by atoms with van der Waals surface area (Å²) in [4.78, 5) is 4.48. The number of rotatable bonds is 1. The highest BCUT2D eigenvalue weighted by Crippen LogP contribution is 2.28. The molecule has 2 rings (SSSR count). The van der Waals surface area contributed by atoms with Gasteiger partial charge in [-0.1, -0.05) is 18.5 Å². The van der Waals surface area contributed by atoms with Gasteiger partial charge in [0.15, 0.2) is 0 Å². The van der Waals surface area contributed by atoms with Crippen LogP contribution in [0.3, 0.4) is 0 Å². The van der Waals surface area contributed by atoms with Crippen molar-refractivity contribution >= 4 is 28.2 Å². The molecule has 1 heterocycles. The zero-order valence-corrected chi connectivity index (χ0v) is 9.60. The minimum atomic E-state index is 0.673. The lowest BCUT2D eigenvalue weighted by Gasteiger charge is -2.07. The number of nitrogen functional groups attached to an aromatic ring is 1. The summed E-state index contributed by atoms with van der Waals surface area (Å²) in [5.41, 5.74) is 9.61. The number of fused-ring (bicyclic) bond motifs is 1. The Kier molecular flexibility index (Phi) is 2.53. The molecule has 0 unspecified atom stereocenters. The average Bonchev–Trinajstić information content (AvgIpc) is 2.19. The van der Waals surface area contributed by atoms with Crippen LogP contribution in [0.1, 0.15) is 18.2 Å². The number of aryl methyl sites for hydroxylation is 2. The fourth-order valence-corrected chi connectivity index (χ4v) is 2.00. The Hall–Kier alpha value is -1.28. The summed E-state index contributed by atoms with van der Waals surface area (Å²) >= 11 is 6.15. The third-order valence-electron chi connectivity index (χ3n) is 2.46. The zero-order chi connectivity index (χ0) is 11.0. The number of halogens is 1. The first-order valence-corrected chi connectivity index (χ1v) is 5.35. The van der Waals surface area contributed by atoms with E-state index in [0.29, 0.717) is 5.02 Å². The second-order valence-corrected chi connectivity index (χ2v) is 4.11. The minimum absolute atomic E-state index is 0.673. The van der Waals surface area contributed by atoms with Crippen LogP contribution in [0.4, 0.5) is 5.69 Å². The molecule has 0 radical (unpaired) electrons. The topological polar surface area (TPSA) is 38.9 Å². The predicted octanol–water partition coefficient (Wildman–Crippen LogP) is 3.34. The first-order valence-electron chi connectivity index (χ1n) is 4.97. The largest absolute Gasteiger partial charge is 0.398 e. The summed E-state index contributed by atoms with van der Waals surface area (Å²) in [6.45, 7) is 4.05. The van der Waals surface area contributed by atoms with Gasteiger partial charge in [-0.25, -0.2) is 0 Å². The van der Waals surface area contributed by atoms with Crippen LogP contribution in [0.5, 0.6) is 0 Å². The minimum Gasteiger partial charge on any atom is -0.398 e. The predicted molar refractivity (Wildman–Crippen MR) is 65.3 cm³/mol. The highest BCUT2D eigenvalue weighted by atomic mass is 35.5. The quantitative estimate of drug-likeness (QED) is 0.801. The molecule has 0 saturated heterocycles. The van der Waals surface area contributed by atoms with Crippen molar-refractivity contribution in [1.29, 1.82) is 0 Å². The van der Waals surface area contributed by atoms with E-state index in [4.69, 9.17) is 17.3 Å². The van der Waals surface area contributed by atoms with Crippen LogP contribution < -0.4 is 5.73 Å². The molecule has 0 aliphatic rings. The standard InChI is InChI=1S/C12H13ClN2/c1-3-8-6-11(14)9-4-7(2)5-10(13)12(9)15-8/h4-6H,3H2,1-2H3,(H2,14,15). The Morgan fingerprint density at radius 3 is 2.73 bits per heavy atom. The molecule has 0 aliphatic heterocycles. The van der Waals surface area contributed by atoms with E-state index < -0.39 is 0 Å². The van der Waals surface area contributed by atoms with E-state index in [2.05, 4.69) is 11.9 Å². The van der Waals surface area contributed by atoms with Crippen LogP contribution in [0.2, 0.25) is 5.02 Å². The van der Waals surface area contributed by atoms with E-state index in [9.17, 15) is 0 Å². The lowest BCUT2D eigenvalue weighted by molar-refractivity contribution is 1.06. The first kappa shape index (κ1) is 10.2. The Bertz CT molecular complexity index is 521. The molecule has 0 aliphatic carbocycles. The molecular weight excluding hydrogens is 208 g/mol. The molecule has 78 valence electrons. The lowest BCUT2D eigenvalue weighted by Crippen LogP contribution is -1.95. The van der Waals surface area contributed by atoms with Gasteiger partial charge in [-0.05, 0) is 37.1 Å². The van der Waals surface area contributed by atoms with Gasteiger partial charge in [-0.15, -0.1) is 0 Å². The molecule has 15 heavy (non-hydrogen) atoms. The van der Waals surface area contributed by atoms with Crippen LogP contribution in [0.25, 0.3) is 10.9 Å². The number of benzene rings is 1. The Morgan fingerprint density at radius 2 is 2.07 bits per heavy atom. The summed E-state index contributed by atoms with van der Waals surface area (Å²) < 4.78 is 0. The van der Waals surface area contributed by atoms with Crippen molar-refractivity contribution in [2.24, 2.45) is 0 Å². The highest BCUT2D eigenvalue weighted by Gasteiger charge is 2.06. The molecular formula is C12H13ClN2. The van der Waals surface area contributed by atoms with Crippen LogP contribution in [-0.4, -0.2) is 4.98 Å². The van der Waals surface area contributed by atoms with Gasteiger partial charge in [-0.3, -0.25) is 4.98 Å². The van der Waals surface area contributed by atoms with Gasteiger partial charge in [0.25, 0.3) is 0 Å². The molecule has 0 saturated carbocycles. The molecule has 0 spiro atoms. The van der Waals surface area contributed by atoms with Crippen LogP contribution >= 0.6 is 11.6 Å². The van der Waals surface area contributed by atoms with Crippen molar-refractivity contribution in [3.05, 3.63) is 34.5 Å². The number of nitrogens with two attached hydrogens (primary N) is 1. The molecule has 2 N–H and O–H groups in total. The van der Waals surface area contributed by atoms with Gasteiger partial charge in [0.2, 0.25) is 0 Å². The summed E-state index contributed by atoms with van der Waals surface area (Å²) in [5.74, 6) is 0. The molecule has 1 aromatic heterocycles. The molecule has 3 heteroatoms. The molecule has 2 nitrogen and oxygen atoms in total. The van der Waals surface area contributed by atoms with Crippen LogP contribution in [0.15, 0.2) is 18.2 Å². The summed E-state index contributed by atoms with van der Waals surface area (Å²) in [6, 6.07) is 5.84. The van der Waals surface area contributed by atoms with Crippen molar-refractivity contribution in [3.8, 4) is 0 Å². The fourth-order valence-electron chi connectivity index (χ4n) is 1.68. The maximum absolute atomic E-state index is 6.15. The van der Waals surface area contributed by atoms with Gasteiger partial charge in [-0.2, -0.15) is 0 Å². The number of hydrogen-bond acceptors (Lipinski definition) is 2. The van der Waals surface area contributed by atoms with E-state index >= 15 is 0 Å². The van der Waals surface area contributed by atoms with Crippen molar-refractivity contribution in [2.45, 2.75) is 20.3 Å². The third-order valence-corrected chi connectivity index (χ3v) is 2.75. The molecule has 0 atom stereocenters. The van der Waals surface area contributed by atoms with Gasteiger partial charge < -0.3 is 5.73 Å². The Balaban J connectivity index is 2.85. The summed E-state index contributed by atoms with van der Waals surface area (Å²) in [6.07, 6.45) is 0.865. The number of pyridine rings is 1. The maximum atomic E-state index is 6.15. The second kappa shape index (κ2) is 3.70. The number of aromatic nitrogens is 1. The Morgan fingerprint density at radius 1 is 1.33 bits per heavy atom. The van der Waals surface area contributed by atoms with E-state index in [1.807, 2.05) is 25.1 Å². The third kappa shape index (κ3) is 1.77. The molecule has 0 fully saturated rings. The van der Waals surface area contributed by atoms with Crippen molar-refractivity contribution < 1.29 is 0 Å². The molecule has 2 aromatic rings. The first-order chi connectivity index (χ1) is 7.11. The second-order valence-electron chi connectivity index (χ2n) is 3.70. The van der Waals surface area contributed by atoms with Gasteiger partial charge in [0.1, 0.15) is 0 Å². The van der Waals surface area contributed by atoms with E-state index in [1.165, 1.54) is 0 Å². The average molecular weight is 221 g/mol. The van der Waals surface area contributed by atoms with E-state index in [-0.39, 0.29) is 0 Å². The monoisotopic (exact) mass is 220 g/mol. The van der Waals surface area contributed by atoms with Gasteiger partial charge in [0.05, 0.1) is 10.5 Å². The van der Waals surface area contributed by atoms with Gasteiger partial charge >= 0.3 is 0 Å². The van der Waals surface area contributed by atoms with Crippen LogP contribution in [0, 0.1) is 6.92 Å². The molecule has 0 amide bonds. The highest BCUT2D eigenvalue weighted by molar-refractivity contribution is 6.35. The van der Waals surface area contributed by atoms with Crippen LogP contribution in [-0.2, 0) is 6.42 Å². The number of hydrogen-bond donors (Lipinski definition) is 1. The van der Waals surface area contributed by atoms with Crippen molar-refractivity contribution in [2.75, 3.05) is 5.73 Å². The summed E-state index contributed by atoms with van der Waals surface area (Å²) in [5, 5.41) is 1.62. The maximum Gasteiger partial charge on any atom is 0.0912 e. The molecule has 0 bridgehead atoms.